The molecule has 0 bridgehead atoms. The summed E-state index contributed by atoms with van der Waals surface area (Å²) in [5.74, 6) is -0.141. The van der Waals surface area contributed by atoms with Crippen LogP contribution in [0.3, 0.4) is 0 Å². The van der Waals surface area contributed by atoms with Gasteiger partial charge in [-0.25, -0.2) is 0 Å². The van der Waals surface area contributed by atoms with E-state index >= 15 is 0 Å². The molecule has 1 unspecified atom stereocenters. The van der Waals surface area contributed by atoms with E-state index in [4.69, 9.17) is 9.31 Å². The van der Waals surface area contributed by atoms with Crippen LogP contribution in [0.2, 0.25) is 0 Å². The van der Waals surface area contributed by atoms with Gasteiger partial charge in [0.1, 0.15) is 6.10 Å². The van der Waals surface area contributed by atoms with E-state index in [9.17, 15) is 4.79 Å². The Morgan fingerprint density at radius 3 is 2.31 bits per heavy atom. The number of nitrogens with one attached hydrogen (secondary N) is 1. The van der Waals surface area contributed by atoms with Gasteiger partial charge in [-0.15, -0.1) is 0 Å². The lowest BCUT2D eigenvalue weighted by Gasteiger charge is -2.11. The standard InChI is InChI=1S/C21H22BNO3/c1-3-16-5-7-18(8-6-16)13-14-23-21(24)20-15-25-22(26-20)19-11-9-17(4-2)10-12-19/h3-12,20H,1-2,13-15H2,(H,23,24). The molecule has 0 spiro atoms. The van der Waals surface area contributed by atoms with Crippen molar-refractivity contribution in [2.75, 3.05) is 13.2 Å². The number of carbonyl (C=O) groups is 1. The molecule has 1 N–H and O–H groups in total. The van der Waals surface area contributed by atoms with Gasteiger partial charge in [-0.3, -0.25) is 4.79 Å². The first-order valence-electron chi connectivity index (χ1n) is 8.68. The van der Waals surface area contributed by atoms with Gasteiger partial charge < -0.3 is 14.6 Å². The van der Waals surface area contributed by atoms with Crippen LogP contribution in [0.4, 0.5) is 0 Å². The summed E-state index contributed by atoms with van der Waals surface area (Å²) in [5, 5.41) is 2.91. The number of rotatable bonds is 7. The number of amides is 1. The first-order chi connectivity index (χ1) is 12.7. The van der Waals surface area contributed by atoms with Crippen LogP contribution in [0.15, 0.2) is 61.7 Å². The molecule has 0 saturated carbocycles. The number of hydrogen-bond acceptors (Lipinski definition) is 3. The maximum absolute atomic E-state index is 12.3. The van der Waals surface area contributed by atoms with Gasteiger partial charge in [0.05, 0.1) is 6.61 Å². The summed E-state index contributed by atoms with van der Waals surface area (Å²) in [6.45, 7) is 8.29. The van der Waals surface area contributed by atoms with Crippen LogP contribution in [-0.2, 0) is 20.5 Å². The zero-order chi connectivity index (χ0) is 18.4. The van der Waals surface area contributed by atoms with Crippen LogP contribution < -0.4 is 10.8 Å². The molecule has 1 fully saturated rings. The average molecular weight is 347 g/mol. The minimum absolute atomic E-state index is 0.141. The third kappa shape index (κ3) is 4.51. The molecule has 1 aliphatic heterocycles. The maximum Gasteiger partial charge on any atom is 0.494 e. The highest BCUT2D eigenvalue weighted by Crippen LogP contribution is 2.10. The summed E-state index contributed by atoms with van der Waals surface area (Å²) in [6, 6.07) is 15.9. The second-order valence-corrected chi connectivity index (χ2v) is 6.15. The molecule has 0 aliphatic carbocycles. The van der Waals surface area contributed by atoms with Gasteiger partial charge >= 0.3 is 7.12 Å². The van der Waals surface area contributed by atoms with E-state index in [1.165, 1.54) is 5.56 Å². The molecule has 0 aromatic heterocycles. The highest BCUT2D eigenvalue weighted by atomic mass is 16.6. The molecular formula is C21H22BNO3. The van der Waals surface area contributed by atoms with Crippen molar-refractivity contribution in [3.8, 4) is 0 Å². The van der Waals surface area contributed by atoms with E-state index in [2.05, 4.69) is 18.5 Å². The lowest BCUT2D eigenvalue weighted by atomic mass is 9.79. The van der Waals surface area contributed by atoms with Gasteiger partial charge in [0.2, 0.25) is 5.91 Å². The Hall–Kier alpha value is -2.63. The van der Waals surface area contributed by atoms with Gasteiger partial charge in [0.15, 0.2) is 0 Å². The van der Waals surface area contributed by atoms with Crippen LogP contribution >= 0.6 is 0 Å². The monoisotopic (exact) mass is 347 g/mol. The van der Waals surface area contributed by atoms with Crippen molar-refractivity contribution in [3.63, 3.8) is 0 Å². The molecule has 132 valence electrons. The lowest BCUT2D eigenvalue weighted by molar-refractivity contribution is -0.127. The molecule has 26 heavy (non-hydrogen) atoms. The molecule has 5 heteroatoms. The van der Waals surface area contributed by atoms with Crippen molar-refractivity contribution in [1.29, 1.82) is 0 Å². The largest absolute Gasteiger partial charge is 0.494 e. The quantitative estimate of drug-likeness (QED) is 0.783. The number of benzene rings is 2. The van der Waals surface area contributed by atoms with Gasteiger partial charge in [-0.05, 0) is 28.6 Å². The summed E-state index contributed by atoms with van der Waals surface area (Å²) in [7, 11) is -0.504. The van der Waals surface area contributed by atoms with Crippen molar-refractivity contribution < 1.29 is 14.1 Å². The normalized spacial score (nSPS) is 16.3. The lowest BCUT2D eigenvalue weighted by Crippen LogP contribution is -2.39. The SMILES string of the molecule is C=Cc1ccc(CCNC(=O)C2COB(c3ccc(C=C)cc3)O2)cc1. The minimum Gasteiger partial charge on any atom is -0.404 e. The Kier molecular flexibility index (Phi) is 6.05. The second-order valence-electron chi connectivity index (χ2n) is 6.15. The molecule has 1 amide bonds. The van der Waals surface area contributed by atoms with Crippen molar-refractivity contribution in [1.82, 2.24) is 5.32 Å². The summed E-state index contributed by atoms with van der Waals surface area (Å²) < 4.78 is 11.4. The molecule has 2 aromatic rings. The third-order valence-electron chi connectivity index (χ3n) is 4.35. The average Bonchev–Trinajstić information content (AvgIpc) is 3.19. The summed E-state index contributed by atoms with van der Waals surface area (Å²) in [5.41, 5.74) is 4.18. The van der Waals surface area contributed by atoms with Crippen LogP contribution in [0.5, 0.6) is 0 Å². The molecule has 1 aliphatic rings. The fraction of sp³-hybridized carbons (Fsp3) is 0.190. The van der Waals surface area contributed by atoms with Gasteiger partial charge in [0.25, 0.3) is 0 Å². The highest BCUT2D eigenvalue weighted by Gasteiger charge is 2.36. The molecule has 1 heterocycles. The predicted octanol–water partition coefficient (Wildman–Crippen LogP) is 2.44. The van der Waals surface area contributed by atoms with Crippen LogP contribution in [-0.4, -0.2) is 32.3 Å². The second kappa shape index (κ2) is 8.65. The van der Waals surface area contributed by atoms with E-state index in [0.717, 1.165) is 23.0 Å². The maximum atomic E-state index is 12.3. The van der Waals surface area contributed by atoms with E-state index in [0.29, 0.717) is 6.54 Å². The molecular weight excluding hydrogens is 325 g/mol. The Bertz CT molecular complexity index is 771. The number of carbonyl (C=O) groups excluding carboxylic acids is 1. The molecule has 2 aromatic carbocycles. The zero-order valence-electron chi connectivity index (χ0n) is 14.7. The van der Waals surface area contributed by atoms with Crippen molar-refractivity contribution in [2.45, 2.75) is 12.5 Å². The fourth-order valence-electron chi connectivity index (χ4n) is 2.77. The van der Waals surface area contributed by atoms with Crippen LogP contribution in [0.25, 0.3) is 12.2 Å². The van der Waals surface area contributed by atoms with Gasteiger partial charge in [0, 0.05) is 6.54 Å². The highest BCUT2D eigenvalue weighted by molar-refractivity contribution is 6.62. The Morgan fingerprint density at radius 1 is 1.08 bits per heavy atom. The van der Waals surface area contributed by atoms with Crippen molar-refractivity contribution in [3.05, 3.63) is 78.4 Å². The zero-order valence-corrected chi connectivity index (χ0v) is 14.7. The Balaban J connectivity index is 1.46. The third-order valence-corrected chi connectivity index (χ3v) is 4.35. The van der Waals surface area contributed by atoms with Gasteiger partial charge in [-0.1, -0.05) is 73.8 Å². The molecule has 1 atom stereocenters. The Morgan fingerprint density at radius 2 is 1.69 bits per heavy atom. The van der Waals surface area contributed by atoms with Crippen LogP contribution in [0.1, 0.15) is 16.7 Å². The van der Waals surface area contributed by atoms with E-state index in [-0.39, 0.29) is 12.5 Å². The molecule has 4 nitrogen and oxygen atoms in total. The van der Waals surface area contributed by atoms with Gasteiger partial charge in [-0.2, -0.15) is 0 Å². The predicted molar refractivity (Wildman–Crippen MR) is 106 cm³/mol. The number of hydrogen-bond donors (Lipinski definition) is 1. The molecule has 3 rings (SSSR count). The van der Waals surface area contributed by atoms with E-state index < -0.39 is 13.2 Å². The summed E-state index contributed by atoms with van der Waals surface area (Å²) >= 11 is 0. The molecule has 0 radical (unpaired) electrons. The van der Waals surface area contributed by atoms with E-state index in [1.807, 2.05) is 54.6 Å². The summed E-state index contributed by atoms with van der Waals surface area (Å²) in [6.07, 6.45) is 3.77. The van der Waals surface area contributed by atoms with Crippen molar-refractivity contribution >= 4 is 30.6 Å². The smallest absolute Gasteiger partial charge is 0.404 e. The fourth-order valence-corrected chi connectivity index (χ4v) is 2.77. The topological polar surface area (TPSA) is 47.6 Å². The first-order valence-corrected chi connectivity index (χ1v) is 8.68. The Labute approximate surface area is 154 Å². The van der Waals surface area contributed by atoms with Crippen molar-refractivity contribution in [2.24, 2.45) is 0 Å². The minimum atomic E-state index is -0.581. The summed E-state index contributed by atoms with van der Waals surface area (Å²) in [4.78, 5) is 12.3. The molecule has 1 saturated heterocycles. The van der Waals surface area contributed by atoms with E-state index in [1.54, 1.807) is 6.08 Å². The first kappa shape index (κ1) is 18.2. The van der Waals surface area contributed by atoms with Crippen LogP contribution in [0, 0.1) is 0 Å².